The molecule has 0 aliphatic rings. The standard InChI is InChI=1S/C14H23NO2/c1-4-17-14-7-5-13(6-8-14)10-15-9-12(2)11-16-3/h5-8,12,15H,4,9-11H2,1-3H3. The number of hydrogen-bond acceptors (Lipinski definition) is 3. The van der Waals surface area contributed by atoms with Crippen LogP contribution in [0.3, 0.4) is 0 Å². The number of methoxy groups -OCH3 is 1. The van der Waals surface area contributed by atoms with Crippen molar-refractivity contribution in [1.82, 2.24) is 5.32 Å². The Balaban J connectivity index is 2.27. The Kier molecular flexibility index (Phi) is 6.67. The summed E-state index contributed by atoms with van der Waals surface area (Å²) < 4.78 is 10.5. The van der Waals surface area contributed by atoms with Crippen LogP contribution < -0.4 is 10.1 Å². The Hall–Kier alpha value is -1.06. The third-order valence-electron chi connectivity index (χ3n) is 2.51. The van der Waals surface area contributed by atoms with E-state index in [9.17, 15) is 0 Å². The molecule has 3 nitrogen and oxygen atoms in total. The summed E-state index contributed by atoms with van der Waals surface area (Å²) in [6, 6.07) is 8.22. The maximum atomic E-state index is 5.40. The van der Waals surface area contributed by atoms with Crippen LogP contribution in [0.4, 0.5) is 0 Å². The van der Waals surface area contributed by atoms with Gasteiger partial charge in [0.2, 0.25) is 0 Å². The second-order valence-corrected chi connectivity index (χ2v) is 4.27. The van der Waals surface area contributed by atoms with E-state index in [-0.39, 0.29) is 0 Å². The van der Waals surface area contributed by atoms with Gasteiger partial charge in [-0.3, -0.25) is 0 Å². The van der Waals surface area contributed by atoms with E-state index in [1.165, 1.54) is 5.56 Å². The number of benzene rings is 1. The van der Waals surface area contributed by atoms with E-state index in [1.54, 1.807) is 7.11 Å². The first-order chi connectivity index (χ1) is 8.26. The molecule has 1 rings (SSSR count). The highest BCUT2D eigenvalue weighted by atomic mass is 16.5. The van der Waals surface area contributed by atoms with Gasteiger partial charge in [-0.2, -0.15) is 0 Å². The molecule has 96 valence electrons. The van der Waals surface area contributed by atoms with E-state index >= 15 is 0 Å². The van der Waals surface area contributed by atoms with Gasteiger partial charge in [0.15, 0.2) is 0 Å². The number of rotatable bonds is 8. The van der Waals surface area contributed by atoms with E-state index in [4.69, 9.17) is 9.47 Å². The van der Waals surface area contributed by atoms with Crippen molar-refractivity contribution < 1.29 is 9.47 Å². The van der Waals surface area contributed by atoms with Crippen LogP contribution in [0.25, 0.3) is 0 Å². The molecule has 3 heteroatoms. The van der Waals surface area contributed by atoms with E-state index in [2.05, 4.69) is 24.4 Å². The highest BCUT2D eigenvalue weighted by molar-refractivity contribution is 5.27. The Morgan fingerprint density at radius 2 is 1.94 bits per heavy atom. The minimum atomic E-state index is 0.544. The van der Waals surface area contributed by atoms with Crippen molar-refractivity contribution >= 4 is 0 Å². The molecule has 0 saturated carbocycles. The van der Waals surface area contributed by atoms with Crippen molar-refractivity contribution in [2.75, 3.05) is 26.9 Å². The molecule has 1 unspecified atom stereocenters. The minimum Gasteiger partial charge on any atom is -0.494 e. The average molecular weight is 237 g/mol. The zero-order valence-corrected chi connectivity index (χ0v) is 11.0. The molecule has 0 saturated heterocycles. The Bertz CT molecular complexity index is 298. The lowest BCUT2D eigenvalue weighted by molar-refractivity contribution is 0.158. The summed E-state index contributed by atoms with van der Waals surface area (Å²) in [5, 5.41) is 3.42. The van der Waals surface area contributed by atoms with Gasteiger partial charge in [-0.25, -0.2) is 0 Å². The molecule has 0 bridgehead atoms. The molecule has 1 aromatic carbocycles. The average Bonchev–Trinajstić information content (AvgIpc) is 2.32. The van der Waals surface area contributed by atoms with Gasteiger partial charge in [0, 0.05) is 26.8 Å². The fourth-order valence-corrected chi connectivity index (χ4v) is 1.68. The molecule has 0 heterocycles. The maximum absolute atomic E-state index is 5.40. The molecule has 0 fully saturated rings. The van der Waals surface area contributed by atoms with Gasteiger partial charge in [-0.15, -0.1) is 0 Å². The van der Waals surface area contributed by atoms with E-state index in [0.717, 1.165) is 25.4 Å². The lowest BCUT2D eigenvalue weighted by atomic mass is 10.2. The lowest BCUT2D eigenvalue weighted by Crippen LogP contribution is -2.23. The normalized spacial score (nSPS) is 12.4. The topological polar surface area (TPSA) is 30.5 Å². The van der Waals surface area contributed by atoms with Gasteiger partial charge >= 0.3 is 0 Å². The van der Waals surface area contributed by atoms with Crippen LogP contribution >= 0.6 is 0 Å². The first kappa shape index (κ1) is 14.0. The quantitative estimate of drug-likeness (QED) is 0.753. The molecule has 0 aliphatic carbocycles. The largest absolute Gasteiger partial charge is 0.494 e. The molecular formula is C14H23NO2. The van der Waals surface area contributed by atoms with Crippen molar-refractivity contribution in [3.8, 4) is 5.75 Å². The van der Waals surface area contributed by atoms with E-state index in [0.29, 0.717) is 12.5 Å². The van der Waals surface area contributed by atoms with Gasteiger partial charge < -0.3 is 14.8 Å². The fourth-order valence-electron chi connectivity index (χ4n) is 1.68. The Morgan fingerprint density at radius 1 is 1.24 bits per heavy atom. The van der Waals surface area contributed by atoms with Crippen LogP contribution in [0.2, 0.25) is 0 Å². The van der Waals surface area contributed by atoms with Crippen LogP contribution in [0, 0.1) is 5.92 Å². The van der Waals surface area contributed by atoms with Crippen molar-refractivity contribution in [3.05, 3.63) is 29.8 Å². The predicted octanol–water partition coefficient (Wildman–Crippen LogP) is 2.46. The zero-order chi connectivity index (χ0) is 12.5. The summed E-state index contributed by atoms with van der Waals surface area (Å²) >= 11 is 0. The zero-order valence-electron chi connectivity index (χ0n) is 11.0. The van der Waals surface area contributed by atoms with Gasteiger partial charge in [-0.05, 0) is 30.5 Å². The van der Waals surface area contributed by atoms with Crippen molar-refractivity contribution in [2.24, 2.45) is 5.92 Å². The summed E-state index contributed by atoms with van der Waals surface area (Å²) in [4.78, 5) is 0. The van der Waals surface area contributed by atoms with E-state index < -0.39 is 0 Å². The monoisotopic (exact) mass is 237 g/mol. The van der Waals surface area contributed by atoms with Crippen molar-refractivity contribution in [3.63, 3.8) is 0 Å². The summed E-state index contributed by atoms with van der Waals surface area (Å²) in [5.41, 5.74) is 1.28. The van der Waals surface area contributed by atoms with Gasteiger partial charge in [-0.1, -0.05) is 19.1 Å². The van der Waals surface area contributed by atoms with Crippen LogP contribution in [0.1, 0.15) is 19.4 Å². The minimum absolute atomic E-state index is 0.544. The fraction of sp³-hybridized carbons (Fsp3) is 0.571. The van der Waals surface area contributed by atoms with Crippen molar-refractivity contribution in [1.29, 1.82) is 0 Å². The highest BCUT2D eigenvalue weighted by Gasteiger charge is 2.00. The molecule has 1 atom stereocenters. The second-order valence-electron chi connectivity index (χ2n) is 4.27. The molecule has 0 amide bonds. The van der Waals surface area contributed by atoms with Crippen LogP contribution in [0.5, 0.6) is 5.75 Å². The highest BCUT2D eigenvalue weighted by Crippen LogP contribution is 2.11. The van der Waals surface area contributed by atoms with Crippen LogP contribution in [-0.4, -0.2) is 26.9 Å². The van der Waals surface area contributed by atoms with Gasteiger partial charge in [0.25, 0.3) is 0 Å². The number of hydrogen-bond donors (Lipinski definition) is 1. The SMILES string of the molecule is CCOc1ccc(CNCC(C)COC)cc1. The molecule has 0 aromatic heterocycles. The summed E-state index contributed by atoms with van der Waals surface area (Å²) in [6.07, 6.45) is 0. The molecule has 1 N–H and O–H groups in total. The lowest BCUT2D eigenvalue weighted by Gasteiger charge is -2.11. The molecule has 0 radical (unpaired) electrons. The smallest absolute Gasteiger partial charge is 0.119 e. The van der Waals surface area contributed by atoms with Crippen LogP contribution in [0.15, 0.2) is 24.3 Å². The molecular weight excluding hydrogens is 214 g/mol. The Morgan fingerprint density at radius 3 is 2.53 bits per heavy atom. The molecule has 1 aromatic rings. The third kappa shape index (κ3) is 5.71. The molecule has 0 spiro atoms. The Labute approximate surface area is 104 Å². The summed E-state index contributed by atoms with van der Waals surface area (Å²) in [7, 11) is 1.74. The molecule has 17 heavy (non-hydrogen) atoms. The van der Waals surface area contributed by atoms with Crippen LogP contribution in [-0.2, 0) is 11.3 Å². The third-order valence-corrected chi connectivity index (χ3v) is 2.51. The summed E-state index contributed by atoms with van der Waals surface area (Å²) in [5.74, 6) is 1.48. The first-order valence-corrected chi connectivity index (χ1v) is 6.17. The predicted molar refractivity (Wildman–Crippen MR) is 70.4 cm³/mol. The van der Waals surface area contributed by atoms with Gasteiger partial charge in [0.1, 0.15) is 5.75 Å². The number of ether oxygens (including phenoxy) is 2. The summed E-state index contributed by atoms with van der Waals surface area (Å²) in [6.45, 7) is 7.55. The van der Waals surface area contributed by atoms with Crippen molar-refractivity contribution in [2.45, 2.75) is 20.4 Å². The second kappa shape index (κ2) is 8.09. The molecule has 0 aliphatic heterocycles. The maximum Gasteiger partial charge on any atom is 0.119 e. The first-order valence-electron chi connectivity index (χ1n) is 6.17. The number of nitrogens with one attached hydrogen (secondary N) is 1. The van der Waals surface area contributed by atoms with Gasteiger partial charge in [0.05, 0.1) is 6.61 Å². The van der Waals surface area contributed by atoms with E-state index in [1.807, 2.05) is 19.1 Å².